The van der Waals surface area contributed by atoms with Gasteiger partial charge in [-0.15, -0.1) is 0 Å². The summed E-state index contributed by atoms with van der Waals surface area (Å²) < 4.78 is 81.9. The molecule has 0 aromatic rings. The second-order valence-electron chi connectivity index (χ2n) is 6.95. The second-order valence-corrected chi connectivity index (χ2v) is 6.95. The van der Waals surface area contributed by atoms with Crippen molar-refractivity contribution in [2.75, 3.05) is 0 Å². The Labute approximate surface area is 137 Å². The second kappa shape index (κ2) is 7.49. The number of carbonyl (C=O) groups is 1. The zero-order valence-electron chi connectivity index (χ0n) is 14.3. The van der Waals surface area contributed by atoms with E-state index in [1.807, 2.05) is 0 Å². The first-order valence-corrected chi connectivity index (χ1v) is 7.55. The average molecular weight is 366 g/mol. The van der Waals surface area contributed by atoms with E-state index in [2.05, 4.69) is 0 Å². The van der Waals surface area contributed by atoms with Gasteiger partial charge in [-0.2, -0.15) is 26.3 Å². The Bertz CT molecular complexity index is 412. The van der Waals surface area contributed by atoms with Crippen LogP contribution in [0.25, 0.3) is 0 Å². The van der Waals surface area contributed by atoms with Crippen molar-refractivity contribution in [3.63, 3.8) is 0 Å². The minimum absolute atomic E-state index is 0.236. The number of esters is 1. The lowest BCUT2D eigenvalue weighted by molar-refractivity contribution is -0.374. The molecule has 24 heavy (non-hydrogen) atoms. The Kier molecular flexibility index (Phi) is 7.18. The molecule has 0 rings (SSSR count). The molecule has 0 aromatic carbocycles. The van der Waals surface area contributed by atoms with Crippen molar-refractivity contribution >= 4 is 5.97 Å². The molecule has 3 nitrogen and oxygen atoms in total. The van der Waals surface area contributed by atoms with Crippen LogP contribution in [0.4, 0.5) is 26.3 Å². The van der Waals surface area contributed by atoms with Crippen LogP contribution in [0.15, 0.2) is 0 Å². The van der Waals surface area contributed by atoms with Gasteiger partial charge in [-0.25, -0.2) is 0 Å². The summed E-state index contributed by atoms with van der Waals surface area (Å²) in [5.74, 6) is -1.24. The molecule has 0 bridgehead atoms. The van der Waals surface area contributed by atoms with Crippen LogP contribution in [0.1, 0.15) is 53.9 Å². The third-order valence-corrected chi connectivity index (χ3v) is 3.91. The quantitative estimate of drug-likeness (QED) is 0.528. The van der Waals surface area contributed by atoms with E-state index in [-0.39, 0.29) is 12.3 Å². The van der Waals surface area contributed by atoms with Crippen molar-refractivity contribution in [3.8, 4) is 0 Å². The van der Waals surface area contributed by atoms with Crippen LogP contribution in [0.3, 0.4) is 0 Å². The smallest absolute Gasteiger partial charge is 0.426 e. The summed E-state index contributed by atoms with van der Waals surface area (Å²) in [5, 5.41) is 9.30. The molecule has 0 aliphatic rings. The summed E-state index contributed by atoms with van der Waals surface area (Å²) in [5.41, 5.74) is -5.99. The number of hydrogen-bond acceptors (Lipinski definition) is 3. The lowest BCUT2D eigenvalue weighted by Gasteiger charge is -2.36. The van der Waals surface area contributed by atoms with Gasteiger partial charge in [0.2, 0.25) is 0 Å². The molecule has 0 saturated heterocycles. The summed E-state index contributed by atoms with van der Waals surface area (Å²) in [4.78, 5) is 12.0. The molecule has 0 aliphatic carbocycles. The van der Waals surface area contributed by atoms with E-state index in [0.29, 0.717) is 6.42 Å². The summed E-state index contributed by atoms with van der Waals surface area (Å²) in [7, 11) is 0. The van der Waals surface area contributed by atoms with Gasteiger partial charge in [-0.3, -0.25) is 4.79 Å². The highest BCUT2D eigenvalue weighted by Crippen LogP contribution is 2.46. The standard InChI is InChI=1S/C15H24F6O3/c1-6-12(4,5)11(22)24-10(7-9(2)3)8-13(23,14(16,17)18)15(19,20)21/h9-10,23H,6-8H2,1-5H3. The van der Waals surface area contributed by atoms with Crippen molar-refractivity contribution in [2.24, 2.45) is 11.3 Å². The molecule has 0 radical (unpaired) electrons. The highest BCUT2D eigenvalue weighted by molar-refractivity contribution is 5.76. The molecule has 1 atom stereocenters. The molecule has 0 saturated carbocycles. The van der Waals surface area contributed by atoms with Gasteiger partial charge in [0, 0.05) is 6.42 Å². The molecule has 144 valence electrons. The molecule has 0 aliphatic heterocycles. The number of alkyl halides is 6. The maximum Gasteiger partial charge on any atom is 0.426 e. The Hall–Kier alpha value is -0.990. The van der Waals surface area contributed by atoms with Crippen molar-refractivity contribution in [1.82, 2.24) is 0 Å². The molecular weight excluding hydrogens is 342 g/mol. The molecule has 0 heterocycles. The Balaban J connectivity index is 5.58. The fraction of sp³-hybridized carbons (Fsp3) is 0.933. The Morgan fingerprint density at radius 3 is 1.75 bits per heavy atom. The van der Waals surface area contributed by atoms with Gasteiger partial charge in [-0.1, -0.05) is 20.8 Å². The summed E-state index contributed by atoms with van der Waals surface area (Å²) in [6.07, 6.45) is -15.3. The lowest BCUT2D eigenvalue weighted by Crippen LogP contribution is -2.58. The predicted molar refractivity (Wildman–Crippen MR) is 75.1 cm³/mol. The number of ether oxygens (including phenoxy) is 1. The maximum absolute atomic E-state index is 12.8. The Morgan fingerprint density at radius 1 is 1.04 bits per heavy atom. The van der Waals surface area contributed by atoms with Crippen LogP contribution in [0.5, 0.6) is 0 Å². The molecule has 0 aromatic heterocycles. The van der Waals surface area contributed by atoms with Crippen LogP contribution in [0.2, 0.25) is 0 Å². The molecule has 1 N–H and O–H groups in total. The minimum Gasteiger partial charge on any atom is -0.462 e. The summed E-state index contributed by atoms with van der Waals surface area (Å²) in [6, 6.07) is 0. The monoisotopic (exact) mass is 366 g/mol. The zero-order chi connectivity index (χ0) is 19.6. The van der Waals surface area contributed by atoms with Gasteiger partial charge in [0.1, 0.15) is 6.10 Å². The van der Waals surface area contributed by atoms with Crippen molar-refractivity contribution in [1.29, 1.82) is 0 Å². The molecule has 0 amide bonds. The van der Waals surface area contributed by atoms with Crippen LogP contribution in [-0.2, 0) is 9.53 Å². The van der Waals surface area contributed by atoms with Crippen LogP contribution in [0, 0.1) is 11.3 Å². The first-order valence-electron chi connectivity index (χ1n) is 7.55. The molecule has 0 spiro atoms. The van der Waals surface area contributed by atoms with Gasteiger partial charge in [0.05, 0.1) is 5.41 Å². The highest BCUT2D eigenvalue weighted by Gasteiger charge is 2.70. The number of rotatable bonds is 7. The van der Waals surface area contributed by atoms with E-state index in [4.69, 9.17) is 4.74 Å². The van der Waals surface area contributed by atoms with Crippen LogP contribution >= 0.6 is 0 Å². The summed E-state index contributed by atoms with van der Waals surface area (Å²) in [6.45, 7) is 7.71. The number of carbonyl (C=O) groups excluding carboxylic acids is 1. The van der Waals surface area contributed by atoms with Gasteiger partial charge in [0.15, 0.2) is 0 Å². The lowest BCUT2D eigenvalue weighted by atomic mass is 9.88. The molecule has 9 heteroatoms. The van der Waals surface area contributed by atoms with Gasteiger partial charge in [0.25, 0.3) is 5.60 Å². The zero-order valence-corrected chi connectivity index (χ0v) is 14.3. The van der Waals surface area contributed by atoms with Crippen molar-refractivity contribution in [3.05, 3.63) is 0 Å². The van der Waals surface area contributed by atoms with E-state index < -0.39 is 41.9 Å². The molecule has 0 fully saturated rings. The summed E-state index contributed by atoms with van der Waals surface area (Å²) >= 11 is 0. The minimum atomic E-state index is -5.94. The predicted octanol–water partition coefficient (Wildman–Crippen LogP) is 4.63. The fourth-order valence-electron chi connectivity index (χ4n) is 1.88. The third kappa shape index (κ3) is 5.53. The Morgan fingerprint density at radius 2 is 1.46 bits per heavy atom. The van der Waals surface area contributed by atoms with E-state index >= 15 is 0 Å². The maximum atomic E-state index is 12.8. The van der Waals surface area contributed by atoms with E-state index in [1.165, 1.54) is 13.8 Å². The molecular formula is C15H24F6O3. The van der Waals surface area contributed by atoms with Gasteiger partial charge in [-0.05, 0) is 32.6 Å². The van der Waals surface area contributed by atoms with Gasteiger partial charge >= 0.3 is 18.3 Å². The normalized spacial score (nSPS) is 15.5. The fourth-order valence-corrected chi connectivity index (χ4v) is 1.88. The SMILES string of the molecule is CCC(C)(C)C(=O)OC(CC(C)C)CC(O)(C(F)(F)F)C(F)(F)F. The number of aliphatic hydroxyl groups is 1. The first-order chi connectivity index (χ1) is 10.5. The third-order valence-electron chi connectivity index (χ3n) is 3.91. The number of halogens is 6. The number of hydrogen-bond donors (Lipinski definition) is 1. The molecule has 1 unspecified atom stereocenters. The van der Waals surface area contributed by atoms with Crippen LogP contribution in [-0.4, -0.2) is 35.1 Å². The average Bonchev–Trinajstić information content (AvgIpc) is 2.34. The van der Waals surface area contributed by atoms with Crippen molar-refractivity contribution in [2.45, 2.75) is 77.9 Å². The van der Waals surface area contributed by atoms with E-state index in [1.54, 1.807) is 20.8 Å². The van der Waals surface area contributed by atoms with Crippen molar-refractivity contribution < 1.29 is 41.0 Å². The first kappa shape index (κ1) is 23.0. The van der Waals surface area contributed by atoms with E-state index in [9.17, 15) is 36.2 Å². The van der Waals surface area contributed by atoms with E-state index in [0.717, 1.165) is 0 Å². The largest absolute Gasteiger partial charge is 0.462 e. The van der Waals surface area contributed by atoms with Crippen LogP contribution < -0.4 is 0 Å². The highest BCUT2D eigenvalue weighted by atomic mass is 19.4. The topological polar surface area (TPSA) is 46.5 Å². The van der Waals surface area contributed by atoms with Gasteiger partial charge < -0.3 is 9.84 Å².